The molecular weight excluding hydrogens is 296 g/mol. The van der Waals surface area contributed by atoms with E-state index in [9.17, 15) is 4.79 Å². The highest BCUT2D eigenvalue weighted by Gasteiger charge is 2.49. The molecule has 0 bridgehead atoms. The highest BCUT2D eigenvalue weighted by Crippen LogP contribution is 2.51. The fourth-order valence-electron chi connectivity index (χ4n) is 3.31. The standard InChI is InChI=1S/C9H14O4.C9H16O/c1-9(2)6(5-12-3)4-7(9)8(10)13-11;1-4-7-5-8(6-10)9(7,2)3/h5,7,11H,4H2,1-3H3;4,8,10H,5-6H2,1-3H3. The lowest BCUT2D eigenvalue weighted by molar-refractivity contribution is -0.244. The number of rotatable bonds is 3. The van der Waals surface area contributed by atoms with Gasteiger partial charge in [-0.3, -0.25) is 0 Å². The molecule has 0 aromatic heterocycles. The number of hydrogen-bond donors (Lipinski definition) is 2. The van der Waals surface area contributed by atoms with Gasteiger partial charge in [0.15, 0.2) is 0 Å². The van der Waals surface area contributed by atoms with Gasteiger partial charge >= 0.3 is 5.97 Å². The third-order valence-corrected chi connectivity index (χ3v) is 5.64. The molecule has 23 heavy (non-hydrogen) atoms. The molecule has 2 unspecified atom stereocenters. The highest BCUT2D eigenvalue weighted by atomic mass is 17.1. The fraction of sp³-hybridized carbons (Fsp3) is 0.722. The molecule has 0 aromatic rings. The predicted molar refractivity (Wildman–Crippen MR) is 88.4 cm³/mol. The van der Waals surface area contributed by atoms with Crippen LogP contribution in [0.2, 0.25) is 0 Å². The van der Waals surface area contributed by atoms with Crippen LogP contribution in [0.15, 0.2) is 23.5 Å². The van der Waals surface area contributed by atoms with Gasteiger partial charge < -0.3 is 14.7 Å². The van der Waals surface area contributed by atoms with Gasteiger partial charge in [0.1, 0.15) is 0 Å². The Hall–Kier alpha value is -1.33. The molecule has 2 aliphatic rings. The average molecular weight is 326 g/mol. The topological polar surface area (TPSA) is 76.0 Å². The number of aliphatic hydroxyl groups excluding tert-OH is 1. The van der Waals surface area contributed by atoms with Crippen LogP contribution in [-0.4, -0.2) is 30.0 Å². The predicted octanol–water partition coefficient (Wildman–Crippen LogP) is 3.55. The lowest BCUT2D eigenvalue weighted by atomic mass is 9.59. The van der Waals surface area contributed by atoms with Gasteiger partial charge in [0, 0.05) is 12.0 Å². The maximum Gasteiger partial charge on any atom is 0.346 e. The number of aliphatic hydroxyl groups is 1. The first-order valence-corrected chi connectivity index (χ1v) is 8.00. The first-order chi connectivity index (χ1) is 10.7. The molecule has 2 fully saturated rings. The van der Waals surface area contributed by atoms with Crippen LogP contribution < -0.4 is 0 Å². The van der Waals surface area contributed by atoms with Crippen molar-refractivity contribution in [1.82, 2.24) is 0 Å². The molecule has 0 aromatic carbocycles. The minimum atomic E-state index is -0.571. The van der Waals surface area contributed by atoms with Gasteiger partial charge in [-0.1, -0.05) is 39.3 Å². The number of methoxy groups -OCH3 is 1. The zero-order valence-corrected chi connectivity index (χ0v) is 15.0. The van der Waals surface area contributed by atoms with Gasteiger partial charge in [0.05, 0.1) is 19.3 Å². The van der Waals surface area contributed by atoms with Crippen LogP contribution in [0.3, 0.4) is 0 Å². The van der Waals surface area contributed by atoms with Crippen LogP contribution in [0.25, 0.3) is 0 Å². The quantitative estimate of drug-likeness (QED) is 0.359. The van der Waals surface area contributed by atoms with Crippen LogP contribution in [0, 0.1) is 22.7 Å². The monoisotopic (exact) mass is 326 g/mol. The summed E-state index contributed by atoms with van der Waals surface area (Å²) in [6, 6.07) is 0. The lowest BCUT2D eigenvalue weighted by Gasteiger charge is -2.46. The maximum atomic E-state index is 11.0. The van der Waals surface area contributed by atoms with Crippen LogP contribution in [0.1, 0.15) is 47.5 Å². The van der Waals surface area contributed by atoms with Crippen LogP contribution in [0.4, 0.5) is 0 Å². The molecule has 2 N–H and O–H groups in total. The Morgan fingerprint density at radius 3 is 2.17 bits per heavy atom. The second kappa shape index (κ2) is 7.49. The summed E-state index contributed by atoms with van der Waals surface area (Å²) in [5.41, 5.74) is 2.55. The smallest absolute Gasteiger partial charge is 0.346 e. The molecule has 0 amide bonds. The minimum absolute atomic E-state index is 0.265. The Morgan fingerprint density at radius 2 is 1.83 bits per heavy atom. The Kier molecular flexibility index (Phi) is 6.42. The van der Waals surface area contributed by atoms with Crippen molar-refractivity contribution in [3.8, 4) is 0 Å². The third-order valence-electron chi connectivity index (χ3n) is 5.64. The van der Waals surface area contributed by atoms with E-state index in [4.69, 9.17) is 15.1 Å². The van der Waals surface area contributed by atoms with Crippen molar-refractivity contribution < 1.29 is 24.8 Å². The zero-order chi connectivity index (χ0) is 17.8. The molecule has 0 aliphatic heterocycles. The maximum absolute atomic E-state index is 11.0. The van der Waals surface area contributed by atoms with Crippen molar-refractivity contribution in [3.63, 3.8) is 0 Å². The second-order valence-corrected chi connectivity index (χ2v) is 7.39. The Balaban J connectivity index is 0.000000238. The third kappa shape index (κ3) is 3.78. The molecule has 132 valence electrons. The molecule has 0 spiro atoms. The largest absolute Gasteiger partial charge is 0.504 e. The summed E-state index contributed by atoms with van der Waals surface area (Å²) in [7, 11) is 1.57. The van der Waals surface area contributed by atoms with E-state index in [1.807, 2.05) is 13.8 Å². The minimum Gasteiger partial charge on any atom is -0.504 e. The van der Waals surface area contributed by atoms with Crippen molar-refractivity contribution in [2.45, 2.75) is 47.5 Å². The van der Waals surface area contributed by atoms with Gasteiger partial charge in [0.2, 0.25) is 0 Å². The van der Waals surface area contributed by atoms with Crippen molar-refractivity contribution in [2.24, 2.45) is 22.7 Å². The summed E-state index contributed by atoms with van der Waals surface area (Å²) in [6.07, 6.45) is 5.51. The Labute approximate surface area is 138 Å². The van der Waals surface area contributed by atoms with E-state index < -0.39 is 5.97 Å². The lowest BCUT2D eigenvalue weighted by Crippen LogP contribution is -2.43. The van der Waals surface area contributed by atoms with E-state index in [2.05, 4.69) is 31.7 Å². The molecular formula is C18H30O5. The Bertz CT molecular complexity index is 488. The molecule has 0 heterocycles. The summed E-state index contributed by atoms with van der Waals surface area (Å²) in [6.45, 7) is 10.7. The van der Waals surface area contributed by atoms with Gasteiger partial charge in [-0.05, 0) is 36.7 Å². The van der Waals surface area contributed by atoms with E-state index in [1.165, 1.54) is 5.57 Å². The SMILES string of the molecule is CC=C1CC(CO)C1(C)C.COC=C1CC(C(=O)OO)C1(C)C. The molecule has 2 aliphatic carbocycles. The van der Waals surface area contributed by atoms with E-state index in [1.54, 1.807) is 13.4 Å². The molecule has 2 saturated carbocycles. The number of allylic oxidation sites excluding steroid dienone is 3. The first-order valence-electron chi connectivity index (χ1n) is 8.00. The molecule has 5 heteroatoms. The van der Waals surface area contributed by atoms with Crippen molar-refractivity contribution in [2.75, 3.05) is 13.7 Å². The normalized spacial score (nSPS) is 30.6. The number of hydrogen-bond acceptors (Lipinski definition) is 5. The molecule has 5 nitrogen and oxygen atoms in total. The second-order valence-electron chi connectivity index (χ2n) is 7.39. The summed E-state index contributed by atoms with van der Waals surface area (Å²) < 4.78 is 4.87. The van der Waals surface area contributed by atoms with Gasteiger partial charge in [-0.25, -0.2) is 4.79 Å². The molecule has 2 rings (SSSR count). The van der Waals surface area contributed by atoms with Crippen molar-refractivity contribution in [3.05, 3.63) is 23.5 Å². The molecule has 0 saturated heterocycles. The number of ether oxygens (including phenoxy) is 1. The Morgan fingerprint density at radius 1 is 1.22 bits per heavy atom. The first kappa shape index (κ1) is 19.7. The fourth-order valence-corrected chi connectivity index (χ4v) is 3.31. The van der Waals surface area contributed by atoms with Crippen LogP contribution in [-0.2, 0) is 14.4 Å². The number of carbonyl (C=O) groups excluding carboxylic acids is 1. The van der Waals surface area contributed by atoms with E-state index >= 15 is 0 Å². The highest BCUT2D eigenvalue weighted by molar-refractivity contribution is 5.76. The summed E-state index contributed by atoms with van der Waals surface area (Å²) in [5, 5.41) is 17.1. The molecule has 0 radical (unpaired) electrons. The molecule has 2 atom stereocenters. The van der Waals surface area contributed by atoms with Gasteiger partial charge in [-0.2, -0.15) is 5.26 Å². The summed E-state index contributed by atoms with van der Waals surface area (Å²) in [4.78, 5) is 14.7. The summed E-state index contributed by atoms with van der Waals surface area (Å²) in [5.74, 6) is -0.337. The summed E-state index contributed by atoms with van der Waals surface area (Å²) >= 11 is 0. The van der Waals surface area contributed by atoms with E-state index in [0.717, 1.165) is 12.0 Å². The van der Waals surface area contributed by atoms with Gasteiger partial charge in [0.25, 0.3) is 0 Å². The average Bonchev–Trinajstić information content (AvgIpc) is 2.50. The van der Waals surface area contributed by atoms with Gasteiger partial charge in [-0.15, -0.1) is 0 Å². The van der Waals surface area contributed by atoms with E-state index in [0.29, 0.717) is 18.9 Å². The van der Waals surface area contributed by atoms with Crippen molar-refractivity contribution in [1.29, 1.82) is 0 Å². The zero-order valence-electron chi connectivity index (χ0n) is 15.0. The number of carbonyl (C=O) groups is 1. The van der Waals surface area contributed by atoms with Crippen LogP contribution in [0.5, 0.6) is 0 Å². The van der Waals surface area contributed by atoms with Crippen LogP contribution >= 0.6 is 0 Å². The van der Waals surface area contributed by atoms with E-state index in [-0.39, 0.29) is 16.7 Å². The van der Waals surface area contributed by atoms with Crippen molar-refractivity contribution >= 4 is 5.97 Å².